The second kappa shape index (κ2) is 41.2. The van der Waals surface area contributed by atoms with Crippen LogP contribution in [-0.2, 0) is 28.5 Å². The van der Waals surface area contributed by atoms with Crippen LogP contribution >= 0.6 is 0 Å². The molecule has 0 spiro atoms. The van der Waals surface area contributed by atoms with Crippen molar-refractivity contribution in [2.24, 2.45) is 0 Å². The fourth-order valence-corrected chi connectivity index (χ4v) is 7.63. The lowest BCUT2D eigenvalue weighted by Crippen LogP contribution is -2.59. The van der Waals surface area contributed by atoms with E-state index in [4.69, 9.17) is 18.9 Å². The fraction of sp³-hybridized carbons (Fsp3) is 0.880. The molecule has 10 nitrogen and oxygen atoms in total. The molecule has 0 radical (unpaired) electrons. The van der Waals surface area contributed by atoms with E-state index in [1.807, 2.05) is 0 Å². The standard InChI is InChI=1S/C50H92O10/c1-3-5-7-9-11-13-15-17-19-20-21-22-23-25-26-28-30-32-34-36-38-45(52)57-41-43(42-58-50-49(56)48(55)47(54)44(40-51)60-50)59-46(53)39-37-35-33-31-29-27-24-18-16-14-12-10-8-6-4-2/h12,14,18,24,43-44,47-51,54-56H,3-11,13,15-17,19-23,25-42H2,1-2H3/b14-12-,24-18-. The fourth-order valence-electron chi connectivity index (χ4n) is 7.63. The lowest BCUT2D eigenvalue weighted by atomic mass is 9.99. The lowest BCUT2D eigenvalue weighted by Gasteiger charge is -2.39. The summed E-state index contributed by atoms with van der Waals surface area (Å²) < 4.78 is 22.2. The van der Waals surface area contributed by atoms with E-state index < -0.39 is 49.4 Å². The van der Waals surface area contributed by atoms with Crippen molar-refractivity contribution >= 4 is 11.9 Å². The van der Waals surface area contributed by atoms with Gasteiger partial charge in [0, 0.05) is 12.8 Å². The Bertz CT molecular complexity index is 1030. The van der Waals surface area contributed by atoms with Gasteiger partial charge in [-0.05, 0) is 44.9 Å². The first-order valence-electron chi connectivity index (χ1n) is 24.9. The summed E-state index contributed by atoms with van der Waals surface area (Å²) in [6.45, 7) is 3.41. The molecule has 1 heterocycles. The quantitative estimate of drug-likeness (QED) is 0.0265. The van der Waals surface area contributed by atoms with Gasteiger partial charge in [0.25, 0.3) is 0 Å². The van der Waals surface area contributed by atoms with Crippen LogP contribution < -0.4 is 0 Å². The predicted octanol–water partition coefficient (Wildman–Crippen LogP) is 11.3. The maximum Gasteiger partial charge on any atom is 0.306 e. The first-order valence-corrected chi connectivity index (χ1v) is 24.9. The van der Waals surface area contributed by atoms with Crippen LogP contribution in [0.5, 0.6) is 0 Å². The van der Waals surface area contributed by atoms with E-state index in [1.54, 1.807) is 0 Å². The largest absolute Gasteiger partial charge is 0.462 e. The van der Waals surface area contributed by atoms with Crippen molar-refractivity contribution in [1.29, 1.82) is 0 Å². The summed E-state index contributed by atoms with van der Waals surface area (Å²) in [5.41, 5.74) is 0. The summed E-state index contributed by atoms with van der Waals surface area (Å²) in [5.74, 6) is -0.812. The Hall–Kier alpha value is -1.82. The minimum absolute atomic E-state index is 0.217. The Morgan fingerprint density at radius 3 is 1.42 bits per heavy atom. The molecule has 0 saturated carbocycles. The van der Waals surface area contributed by atoms with E-state index in [9.17, 15) is 30.0 Å². The number of unbranched alkanes of at least 4 members (excludes halogenated alkanes) is 27. The summed E-state index contributed by atoms with van der Waals surface area (Å²) >= 11 is 0. The topological polar surface area (TPSA) is 152 Å². The van der Waals surface area contributed by atoms with Gasteiger partial charge in [0.1, 0.15) is 31.0 Å². The molecule has 6 atom stereocenters. The van der Waals surface area contributed by atoms with Crippen molar-refractivity contribution in [3.8, 4) is 0 Å². The highest BCUT2D eigenvalue weighted by atomic mass is 16.7. The first kappa shape index (κ1) is 56.2. The van der Waals surface area contributed by atoms with Crippen molar-refractivity contribution in [2.75, 3.05) is 19.8 Å². The number of rotatable bonds is 42. The summed E-state index contributed by atoms with van der Waals surface area (Å²) in [5, 5.41) is 40.1. The maximum absolute atomic E-state index is 12.8. The van der Waals surface area contributed by atoms with Crippen LogP contribution in [0.15, 0.2) is 24.3 Å². The maximum atomic E-state index is 12.8. The van der Waals surface area contributed by atoms with Gasteiger partial charge in [0.15, 0.2) is 12.4 Å². The highest BCUT2D eigenvalue weighted by Crippen LogP contribution is 2.23. The minimum Gasteiger partial charge on any atom is -0.462 e. The molecule has 0 aromatic rings. The Morgan fingerprint density at radius 1 is 0.517 bits per heavy atom. The smallest absolute Gasteiger partial charge is 0.306 e. The molecule has 0 aromatic heterocycles. The van der Waals surface area contributed by atoms with E-state index in [1.165, 1.54) is 135 Å². The molecule has 1 rings (SSSR count). The molecule has 1 aliphatic rings. The van der Waals surface area contributed by atoms with Crippen LogP contribution in [0, 0.1) is 0 Å². The molecular formula is C50H92O10. The zero-order chi connectivity index (χ0) is 43.7. The van der Waals surface area contributed by atoms with Gasteiger partial charge < -0.3 is 39.4 Å². The summed E-state index contributed by atoms with van der Waals surface area (Å²) in [4.78, 5) is 25.4. The van der Waals surface area contributed by atoms with Gasteiger partial charge in [-0.1, -0.05) is 192 Å². The Balaban J connectivity index is 2.26. The number of hydrogen-bond donors (Lipinski definition) is 4. The number of aliphatic hydroxyl groups is 4. The average molecular weight is 853 g/mol. The van der Waals surface area contributed by atoms with Crippen LogP contribution in [0.1, 0.15) is 226 Å². The van der Waals surface area contributed by atoms with Crippen molar-refractivity contribution in [2.45, 2.75) is 263 Å². The summed E-state index contributed by atoms with van der Waals surface area (Å²) in [7, 11) is 0. The van der Waals surface area contributed by atoms with E-state index in [2.05, 4.69) is 38.2 Å². The van der Waals surface area contributed by atoms with Gasteiger partial charge in [-0.15, -0.1) is 0 Å². The summed E-state index contributed by atoms with van der Waals surface area (Å²) in [6.07, 6.45) is 39.0. The third kappa shape index (κ3) is 31.9. The van der Waals surface area contributed by atoms with Crippen molar-refractivity contribution in [3.63, 3.8) is 0 Å². The van der Waals surface area contributed by atoms with Gasteiger partial charge in [-0.2, -0.15) is 0 Å². The zero-order valence-corrected chi connectivity index (χ0v) is 38.5. The van der Waals surface area contributed by atoms with Crippen molar-refractivity contribution in [1.82, 2.24) is 0 Å². The monoisotopic (exact) mass is 853 g/mol. The van der Waals surface area contributed by atoms with E-state index >= 15 is 0 Å². The number of esters is 2. The number of carbonyl (C=O) groups excluding carboxylic acids is 2. The molecule has 1 fully saturated rings. The van der Waals surface area contributed by atoms with Crippen LogP contribution in [0.2, 0.25) is 0 Å². The van der Waals surface area contributed by atoms with E-state index in [0.29, 0.717) is 6.42 Å². The van der Waals surface area contributed by atoms with Gasteiger partial charge in [0.05, 0.1) is 13.2 Å². The molecular weight excluding hydrogens is 761 g/mol. The molecule has 1 aliphatic heterocycles. The Labute approximate surface area is 366 Å². The normalized spacial score (nSPS) is 20.0. The highest BCUT2D eigenvalue weighted by molar-refractivity contribution is 5.70. The molecule has 0 bridgehead atoms. The van der Waals surface area contributed by atoms with Crippen LogP contribution in [0.3, 0.4) is 0 Å². The molecule has 0 amide bonds. The number of carbonyl (C=O) groups is 2. The second-order valence-corrected chi connectivity index (χ2v) is 17.3. The van der Waals surface area contributed by atoms with Gasteiger partial charge in [-0.25, -0.2) is 0 Å². The van der Waals surface area contributed by atoms with Gasteiger partial charge >= 0.3 is 11.9 Å². The number of aliphatic hydroxyl groups excluding tert-OH is 4. The third-order valence-electron chi connectivity index (χ3n) is 11.6. The lowest BCUT2D eigenvalue weighted by molar-refractivity contribution is -0.305. The molecule has 6 unspecified atom stereocenters. The average Bonchev–Trinajstić information content (AvgIpc) is 3.25. The third-order valence-corrected chi connectivity index (χ3v) is 11.6. The van der Waals surface area contributed by atoms with E-state index in [0.717, 1.165) is 57.8 Å². The number of allylic oxidation sites excluding steroid dienone is 4. The molecule has 352 valence electrons. The molecule has 1 saturated heterocycles. The predicted molar refractivity (Wildman–Crippen MR) is 243 cm³/mol. The Morgan fingerprint density at radius 2 is 0.933 bits per heavy atom. The molecule has 0 aliphatic carbocycles. The number of ether oxygens (including phenoxy) is 4. The van der Waals surface area contributed by atoms with Crippen molar-refractivity contribution < 1.29 is 49.0 Å². The first-order chi connectivity index (χ1) is 29.3. The number of hydrogen-bond acceptors (Lipinski definition) is 10. The molecule has 60 heavy (non-hydrogen) atoms. The van der Waals surface area contributed by atoms with Crippen LogP contribution in [0.4, 0.5) is 0 Å². The minimum atomic E-state index is -1.60. The zero-order valence-electron chi connectivity index (χ0n) is 38.5. The molecule has 4 N–H and O–H groups in total. The van der Waals surface area contributed by atoms with Gasteiger partial charge in [-0.3, -0.25) is 9.59 Å². The molecule has 0 aromatic carbocycles. The van der Waals surface area contributed by atoms with Crippen LogP contribution in [0.25, 0.3) is 0 Å². The summed E-state index contributed by atoms with van der Waals surface area (Å²) in [6, 6.07) is 0. The second-order valence-electron chi connectivity index (χ2n) is 17.3. The van der Waals surface area contributed by atoms with Crippen LogP contribution in [-0.4, -0.2) is 89.0 Å². The van der Waals surface area contributed by atoms with Crippen molar-refractivity contribution in [3.05, 3.63) is 24.3 Å². The SMILES string of the molecule is CCCCC/C=C\C/C=C\CCCCCCCC(=O)OC(COC(=O)CCCCCCCCCCCCCCCCCCCCCC)COC1OC(CO)C(O)C(O)C1O. The molecule has 10 heteroatoms. The van der Waals surface area contributed by atoms with E-state index in [-0.39, 0.29) is 32.0 Å². The Kier molecular flexibility index (Phi) is 38.6. The highest BCUT2D eigenvalue weighted by Gasteiger charge is 2.44. The van der Waals surface area contributed by atoms with Gasteiger partial charge in [0.2, 0.25) is 0 Å².